The summed E-state index contributed by atoms with van der Waals surface area (Å²) in [6, 6.07) is 0. The number of rotatable bonds is 4. The Morgan fingerprint density at radius 1 is 0.636 bits per heavy atom. The molecular weight excluding hydrogens is 231 g/mol. The van der Waals surface area contributed by atoms with Crippen LogP contribution >= 0.6 is 0 Å². The molecule has 74 valence electrons. The third-order valence-corrected chi connectivity index (χ3v) is 1.000. The van der Waals surface area contributed by atoms with Gasteiger partial charge in [-0.15, -0.1) is 0 Å². The van der Waals surface area contributed by atoms with Crippen LogP contribution in [0.4, 0.5) is 0 Å². The molecule has 0 heterocycles. The van der Waals surface area contributed by atoms with Crippen molar-refractivity contribution in [3.63, 3.8) is 0 Å². The van der Waals surface area contributed by atoms with Crippen LogP contribution in [0.2, 0.25) is 0 Å². The van der Waals surface area contributed by atoms with Crippen molar-refractivity contribution in [2.24, 2.45) is 0 Å². The summed E-state index contributed by atoms with van der Waals surface area (Å²) >= 11 is 0. The molecular formula is C8H22N2Pd. The van der Waals surface area contributed by atoms with Crippen LogP contribution in [0.1, 0.15) is 27.7 Å². The molecule has 0 amide bonds. The average Bonchev–Trinajstić information content (AvgIpc) is 1.93. The standard InChI is InChI=1S/2C4H11N.Pd/c2*1-3-5-4-2;/h2*5H,3-4H2,1-2H3;. The predicted octanol–water partition coefficient (Wildman–Crippen LogP) is 1.23. The average molecular weight is 253 g/mol. The zero-order chi connectivity index (χ0) is 8.24. The van der Waals surface area contributed by atoms with E-state index < -0.39 is 0 Å². The van der Waals surface area contributed by atoms with Crippen molar-refractivity contribution >= 4 is 0 Å². The molecule has 0 aromatic heterocycles. The van der Waals surface area contributed by atoms with Gasteiger partial charge in [0.05, 0.1) is 0 Å². The van der Waals surface area contributed by atoms with Gasteiger partial charge in [0.1, 0.15) is 0 Å². The summed E-state index contributed by atoms with van der Waals surface area (Å²) in [7, 11) is 0. The number of hydrogen-bond donors (Lipinski definition) is 2. The zero-order valence-corrected chi connectivity index (χ0v) is 9.70. The molecule has 0 atom stereocenters. The number of hydrogen-bond acceptors (Lipinski definition) is 2. The molecule has 0 fully saturated rings. The second kappa shape index (κ2) is 22.4. The van der Waals surface area contributed by atoms with Gasteiger partial charge in [-0.1, -0.05) is 27.7 Å². The summed E-state index contributed by atoms with van der Waals surface area (Å²) in [5.41, 5.74) is 0. The largest absolute Gasteiger partial charge is 0.317 e. The van der Waals surface area contributed by atoms with E-state index in [-0.39, 0.29) is 20.4 Å². The van der Waals surface area contributed by atoms with Crippen LogP contribution in [0.3, 0.4) is 0 Å². The monoisotopic (exact) mass is 252 g/mol. The van der Waals surface area contributed by atoms with Gasteiger partial charge in [0.25, 0.3) is 0 Å². The van der Waals surface area contributed by atoms with Crippen molar-refractivity contribution in [1.82, 2.24) is 10.6 Å². The maximum absolute atomic E-state index is 3.11. The van der Waals surface area contributed by atoms with E-state index in [4.69, 9.17) is 0 Å². The fourth-order valence-electron chi connectivity index (χ4n) is 0.500. The summed E-state index contributed by atoms with van der Waals surface area (Å²) < 4.78 is 0. The fourth-order valence-corrected chi connectivity index (χ4v) is 0.500. The van der Waals surface area contributed by atoms with Gasteiger partial charge in [-0.05, 0) is 26.2 Å². The maximum atomic E-state index is 3.11. The Bertz CT molecular complexity index is 33.1. The van der Waals surface area contributed by atoms with Gasteiger partial charge in [0.15, 0.2) is 0 Å². The zero-order valence-electron chi connectivity index (χ0n) is 8.14. The van der Waals surface area contributed by atoms with Crippen LogP contribution in [0.5, 0.6) is 0 Å². The molecule has 0 aromatic carbocycles. The van der Waals surface area contributed by atoms with Gasteiger partial charge in [-0.2, -0.15) is 0 Å². The molecule has 0 rings (SSSR count). The molecule has 2 nitrogen and oxygen atoms in total. The maximum Gasteiger partial charge on any atom is 0 e. The molecule has 11 heavy (non-hydrogen) atoms. The van der Waals surface area contributed by atoms with E-state index in [0.29, 0.717) is 0 Å². The molecule has 0 aliphatic heterocycles. The third-order valence-electron chi connectivity index (χ3n) is 1.000. The first-order chi connectivity index (χ1) is 4.83. The quantitative estimate of drug-likeness (QED) is 0.736. The van der Waals surface area contributed by atoms with Crippen molar-refractivity contribution in [2.75, 3.05) is 26.2 Å². The Labute approximate surface area is 85.2 Å². The van der Waals surface area contributed by atoms with Gasteiger partial charge in [-0.3, -0.25) is 0 Å². The van der Waals surface area contributed by atoms with Crippen LogP contribution in [-0.2, 0) is 20.4 Å². The summed E-state index contributed by atoms with van der Waals surface area (Å²) in [4.78, 5) is 0. The van der Waals surface area contributed by atoms with Gasteiger partial charge in [0, 0.05) is 20.4 Å². The number of nitrogens with one attached hydrogen (secondary N) is 2. The fraction of sp³-hybridized carbons (Fsp3) is 1.00. The Hall–Kier alpha value is 0.582. The smallest absolute Gasteiger partial charge is 0 e. The first-order valence-electron chi connectivity index (χ1n) is 4.24. The Kier molecular flexibility index (Phi) is 35.9. The predicted molar refractivity (Wildman–Crippen MR) is 48.4 cm³/mol. The Morgan fingerprint density at radius 2 is 0.818 bits per heavy atom. The van der Waals surface area contributed by atoms with Crippen molar-refractivity contribution < 1.29 is 20.4 Å². The normalized spacial score (nSPS) is 7.64. The van der Waals surface area contributed by atoms with Crippen molar-refractivity contribution in [3.05, 3.63) is 0 Å². The second-order valence-corrected chi connectivity index (χ2v) is 1.91. The molecule has 0 aromatic rings. The van der Waals surface area contributed by atoms with E-state index in [0.717, 1.165) is 26.2 Å². The second-order valence-electron chi connectivity index (χ2n) is 1.91. The Balaban J connectivity index is -0.000000107. The van der Waals surface area contributed by atoms with E-state index >= 15 is 0 Å². The molecule has 0 unspecified atom stereocenters. The molecule has 0 aliphatic rings. The van der Waals surface area contributed by atoms with E-state index in [1.807, 2.05) is 0 Å². The summed E-state index contributed by atoms with van der Waals surface area (Å²) in [6.45, 7) is 12.8. The van der Waals surface area contributed by atoms with E-state index in [1.165, 1.54) is 0 Å². The third kappa shape index (κ3) is 37.1. The molecule has 2 N–H and O–H groups in total. The van der Waals surface area contributed by atoms with Crippen LogP contribution in [0.25, 0.3) is 0 Å². The Morgan fingerprint density at radius 3 is 0.818 bits per heavy atom. The topological polar surface area (TPSA) is 24.1 Å². The van der Waals surface area contributed by atoms with E-state index in [2.05, 4.69) is 38.3 Å². The molecule has 0 radical (unpaired) electrons. The molecule has 0 aliphatic carbocycles. The van der Waals surface area contributed by atoms with E-state index in [1.54, 1.807) is 0 Å². The molecule has 0 bridgehead atoms. The van der Waals surface area contributed by atoms with Crippen LogP contribution < -0.4 is 10.6 Å². The van der Waals surface area contributed by atoms with Crippen LogP contribution in [0.15, 0.2) is 0 Å². The molecule has 0 saturated heterocycles. The minimum Gasteiger partial charge on any atom is -0.317 e. The van der Waals surface area contributed by atoms with Gasteiger partial charge in [0.2, 0.25) is 0 Å². The van der Waals surface area contributed by atoms with Gasteiger partial charge < -0.3 is 10.6 Å². The van der Waals surface area contributed by atoms with Crippen LogP contribution in [-0.4, -0.2) is 26.2 Å². The molecule has 3 heteroatoms. The first kappa shape index (κ1) is 17.6. The molecule has 0 saturated carbocycles. The molecule has 0 spiro atoms. The summed E-state index contributed by atoms with van der Waals surface area (Å²) in [6.07, 6.45) is 0. The summed E-state index contributed by atoms with van der Waals surface area (Å²) in [5, 5.41) is 6.22. The minimum atomic E-state index is 0. The SMILES string of the molecule is CCNCC.CCNCC.[Pd]. The van der Waals surface area contributed by atoms with Gasteiger partial charge in [-0.25, -0.2) is 0 Å². The minimum absolute atomic E-state index is 0. The van der Waals surface area contributed by atoms with E-state index in [9.17, 15) is 0 Å². The summed E-state index contributed by atoms with van der Waals surface area (Å²) in [5.74, 6) is 0. The van der Waals surface area contributed by atoms with Crippen molar-refractivity contribution in [1.29, 1.82) is 0 Å². The first-order valence-corrected chi connectivity index (χ1v) is 4.24. The van der Waals surface area contributed by atoms with Crippen molar-refractivity contribution in [2.45, 2.75) is 27.7 Å². The van der Waals surface area contributed by atoms with Crippen molar-refractivity contribution in [3.8, 4) is 0 Å². The van der Waals surface area contributed by atoms with Gasteiger partial charge >= 0.3 is 0 Å². The van der Waals surface area contributed by atoms with Crippen LogP contribution in [0, 0.1) is 0 Å².